The zero-order valence-electron chi connectivity index (χ0n) is 9.64. The van der Waals surface area contributed by atoms with Gasteiger partial charge in [0.15, 0.2) is 0 Å². The van der Waals surface area contributed by atoms with E-state index < -0.39 is 22.8 Å². The van der Waals surface area contributed by atoms with Gasteiger partial charge in [-0.3, -0.25) is 0 Å². The zero-order chi connectivity index (χ0) is 14.0. The predicted molar refractivity (Wildman–Crippen MR) is 72.8 cm³/mol. The van der Waals surface area contributed by atoms with Crippen molar-refractivity contribution in [2.75, 3.05) is 0 Å². The largest absolute Gasteiger partial charge is 0.207 e. The van der Waals surface area contributed by atoms with Crippen LogP contribution in [0.3, 0.4) is 0 Å². The Balaban J connectivity index is 2.28. The quantitative estimate of drug-likeness (QED) is 0.652. The Hall–Kier alpha value is -1.00. The number of alkyl halides is 1. The molecule has 0 aromatic heterocycles. The van der Waals surface area contributed by atoms with Crippen molar-refractivity contribution in [2.45, 2.75) is 11.8 Å². The first kappa shape index (κ1) is 14.4. The van der Waals surface area contributed by atoms with Crippen molar-refractivity contribution in [3.8, 4) is 0 Å². The van der Waals surface area contributed by atoms with Gasteiger partial charge in [-0.15, -0.1) is 11.6 Å². The highest BCUT2D eigenvalue weighted by Gasteiger charge is 2.16. The number of benzene rings is 2. The average molecular weight is 350 g/mol. The molecule has 0 heterocycles. The Labute approximate surface area is 122 Å². The lowest BCUT2D eigenvalue weighted by Crippen LogP contribution is -2.02. The molecule has 0 saturated carbocycles. The minimum Gasteiger partial charge on any atom is -0.207 e. The molecule has 5 heteroatoms. The van der Waals surface area contributed by atoms with Gasteiger partial charge in [0.2, 0.25) is 0 Å². The van der Waals surface area contributed by atoms with Crippen molar-refractivity contribution in [3.05, 3.63) is 69.4 Å². The minimum atomic E-state index is -0.710. The Morgan fingerprint density at radius 3 is 2.26 bits per heavy atom. The van der Waals surface area contributed by atoms with Crippen LogP contribution in [-0.2, 0) is 6.42 Å². The second kappa shape index (κ2) is 5.97. The van der Waals surface area contributed by atoms with Crippen LogP contribution in [0.5, 0.6) is 0 Å². The van der Waals surface area contributed by atoms with Gasteiger partial charge < -0.3 is 0 Å². The summed E-state index contributed by atoms with van der Waals surface area (Å²) in [6.45, 7) is 0. The van der Waals surface area contributed by atoms with E-state index in [0.29, 0.717) is 10.0 Å². The molecular formula is C14H9BrClF3. The van der Waals surface area contributed by atoms with Gasteiger partial charge in [0.05, 0.1) is 5.38 Å². The lowest BCUT2D eigenvalue weighted by atomic mass is 10.0. The number of rotatable bonds is 3. The molecule has 0 aliphatic heterocycles. The van der Waals surface area contributed by atoms with Crippen molar-refractivity contribution in [2.24, 2.45) is 0 Å². The molecule has 100 valence electrons. The molecule has 2 aromatic carbocycles. The monoisotopic (exact) mass is 348 g/mol. The van der Waals surface area contributed by atoms with Crippen molar-refractivity contribution >= 4 is 27.5 Å². The van der Waals surface area contributed by atoms with E-state index in [0.717, 1.165) is 0 Å². The molecule has 0 fully saturated rings. The van der Waals surface area contributed by atoms with E-state index in [1.54, 1.807) is 6.07 Å². The molecule has 0 N–H and O–H groups in total. The molecule has 0 amide bonds. The third-order valence-electron chi connectivity index (χ3n) is 2.69. The van der Waals surface area contributed by atoms with Crippen LogP contribution in [0.15, 0.2) is 40.9 Å². The van der Waals surface area contributed by atoms with E-state index in [9.17, 15) is 13.2 Å². The summed E-state index contributed by atoms with van der Waals surface area (Å²) in [5, 5.41) is -0.710. The van der Waals surface area contributed by atoms with Crippen LogP contribution in [-0.4, -0.2) is 0 Å². The van der Waals surface area contributed by atoms with Crippen LogP contribution in [0.25, 0.3) is 0 Å². The minimum absolute atomic E-state index is 0.0457. The van der Waals surface area contributed by atoms with Gasteiger partial charge in [0.1, 0.15) is 17.5 Å². The van der Waals surface area contributed by atoms with E-state index in [-0.39, 0.29) is 12.0 Å². The van der Waals surface area contributed by atoms with Gasteiger partial charge in [0, 0.05) is 10.0 Å². The average Bonchev–Trinajstić information content (AvgIpc) is 2.32. The maximum absolute atomic E-state index is 13.5. The van der Waals surface area contributed by atoms with Crippen LogP contribution >= 0.6 is 27.5 Å². The first-order valence-electron chi connectivity index (χ1n) is 5.50. The summed E-state index contributed by atoms with van der Waals surface area (Å²) in [4.78, 5) is 0. The Kier molecular flexibility index (Phi) is 4.53. The van der Waals surface area contributed by atoms with Crippen LogP contribution in [0.2, 0.25) is 0 Å². The molecule has 0 aliphatic carbocycles. The molecule has 0 aliphatic rings. The summed E-state index contributed by atoms with van der Waals surface area (Å²) in [6.07, 6.45) is -0.0457. The zero-order valence-corrected chi connectivity index (χ0v) is 12.0. The first-order chi connectivity index (χ1) is 8.97. The van der Waals surface area contributed by atoms with E-state index in [1.807, 2.05) is 0 Å². The lowest BCUT2D eigenvalue weighted by molar-refractivity contribution is 0.552. The number of halogens is 5. The fourth-order valence-corrected chi connectivity index (χ4v) is 2.54. The van der Waals surface area contributed by atoms with E-state index >= 15 is 0 Å². The van der Waals surface area contributed by atoms with Gasteiger partial charge in [-0.1, -0.05) is 22.0 Å². The lowest BCUT2D eigenvalue weighted by Gasteiger charge is -2.12. The van der Waals surface area contributed by atoms with Crippen molar-refractivity contribution in [1.29, 1.82) is 0 Å². The van der Waals surface area contributed by atoms with Crippen molar-refractivity contribution in [1.82, 2.24) is 0 Å². The molecule has 19 heavy (non-hydrogen) atoms. The van der Waals surface area contributed by atoms with E-state index in [1.165, 1.54) is 30.3 Å². The maximum atomic E-state index is 13.5. The Morgan fingerprint density at radius 1 is 1.05 bits per heavy atom. The van der Waals surface area contributed by atoms with Gasteiger partial charge in [0.25, 0.3) is 0 Å². The highest BCUT2D eigenvalue weighted by Crippen LogP contribution is 2.29. The first-order valence-corrected chi connectivity index (χ1v) is 6.73. The highest BCUT2D eigenvalue weighted by molar-refractivity contribution is 9.10. The second-order valence-corrected chi connectivity index (χ2v) is 5.52. The predicted octanol–water partition coefficient (Wildman–Crippen LogP) is 5.39. The van der Waals surface area contributed by atoms with E-state index in [4.69, 9.17) is 11.6 Å². The Bertz CT molecular complexity index is 561. The molecule has 2 aromatic rings. The third kappa shape index (κ3) is 3.51. The summed E-state index contributed by atoms with van der Waals surface area (Å²) in [5.74, 6) is -1.76. The number of hydrogen-bond acceptors (Lipinski definition) is 0. The third-order valence-corrected chi connectivity index (χ3v) is 3.56. The molecule has 2 rings (SSSR count). The van der Waals surface area contributed by atoms with Crippen LogP contribution < -0.4 is 0 Å². The SMILES string of the molecule is Fc1cc(Br)cc(C(Cl)Cc2c(F)cccc2F)c1. The van der Waals surface area contributed by atoms with Crippen molar-refractivity contribution in [3.63, 3.8) is 0 Å². The fraction of sp³-hybridized carbons (Fsp3) is 0.143. The smallest absolute Gasteiger partial charge is 0.129 e. The van der Waals surface area contributed by atoms with Crippen LogP contribution in [0.1, 0.15) is 16.5 Å². The summed E-state index contributed by atoms with van der Waals surface area (Å²) in [5.41, 5.74) is 0.374. The molecule has 0 radical (unpaired) electrons. The van der Waals surface area contributed by atoms with Gasteiger partial charge in [-0.2, -0.15) is 0 Å². The molecule has 0 bridgehead atoms. The molecule has 1 atom stereocenters. The Morgan fingerprint density at radius 2 is 1.68 bits per heavy atom. The molecule has 0 nitrogen and oxygen atoms in total. The molecule has 0 saturated heterocycles. The second-order valence-electron chi connectivity index (χ2n) is 4.07. The normalized spacial score (nSPS) is 12.5. The molecule has 0 spiro atoms. The topological polar surface area (TPSA) is 0 Å². The molecular weight excluding hydrogens is 341 g/mol. The van der Waals surface area contributed by atoms with Crippen LogP contribution in [0.4, 0.5) is 13.2 Å². The fourth-order valence-electron chi connectivity index (χ4n) is 1.78. The number of hydrogen-bond donors (Lipinski definition) is 0. The summed E-state index contributed by atoms with van der Waals surface area (Å²) in [7, 11) is 0. The van der Waals surface area contributed by atoms with Gasteiger partial charge in [-0.25, -0.2) is 13.2 Å². The standard InChI is InChI=1S/C14H9BrClF3/c15-9-4-8(5-10(17)6-9)12(16)7-11-13(18)2-1-3-14(11)19/h1-6,12H,7H2. The van der Waals surface area contributed by atoms with Gasteiger partial charge in [-0.05, 0) is 42.3 Å². The molecule has 1 unspecified atom stereocenters. The maximum Gasteiger partial charge on any atom is 0.129 e. The summed E-state index contributed by atoms with van der Waals surface area (Å²) < 4.78 is 40.8. The van der Waals surface area contributed by atoms with E-state index in [2.05, 4.69) is 15.9 Å². The van der Waals surface area contributed by atoms with Gasteiger partial charge >= 0.3 is 0 Å². The summed E-state index contributed by atoms with van der Waals surface area (Å²) >= 11 is 9.26. The van der Waals surface area contributed by atoms with Crippen LogP contribution in [0, 0.1) is 17.5 Å². The highest BCUT2D eigenvalue weighted by atomic mass is 79.9. The summed E-state index contributed by atoms with van der Waals surface area (Å²) in [6, 6.07) is 7.79. The van der Waals surface area contributed by atoms with Crippen molar-refractivity contribution < 1.29 is 13.2 Å².